The fourth-order valence-electron chi connectivity index (χ4n) is 2.04. The quantitative estimate of drug-likeness (QED) is 0.851. The maximum Gasteiger partial charge on any atom is 0.120 e. The Balaban J connectivity index is 1.90. The Morgan fingerprint density at radius 3 is 2.93 bits per heavy atom. The van der Waals surface area contributed by atoms with Gasteiger partial charge in [-0.2, -0.15) is 11.8 Å². The summed E-state index contributed by atoms with van der Waals surface area (Å²) in [6, 6.07) is 5.11. The lowest BCUT2D eigenvalue weighted by Crippen LogP contribution is -2.35. The van der Waals surface area contributed by atoms with Crippen molar-refractivity contribution in [3.63, 3.8) is 0 Å². The molecule has 1 aromatic heterocycles. The van der Waals surface area contributed by atoms with Crippen molar-refractivity contribution in [2.24, 2.45) is 0 Å². The third-order valence-electron chi connectivity index (χ3n) is 2.95. The highest BCUT2D eigenvalue weighted by Gasteiger charge is 2.19. The second-order valence-corrected chi connectivity index (χ2v) is 5.25. The van der Waals surface area contributed by atoms with Crippen LogP contribution in [0.1, 0.15) is 38.0 Å². The van der Waals surface area contributed by atoms with Gasteiger partial charge in [-0.15, -0.1) is 0 Å². The van der Waals surface area contributed by atoms with E-state index in [1.54, 1.807) is 6.26 Å². The Hall–Kier alpha value is -0.410. The first-order chi connectivity index (χ1) is 7.40. The molecule has 1 aromatic rings. The Bertz CT molecular complexity index is 267. The summed E-state index contributed by atoms with van der Waals surface area (Å²) in [6.07, 6.45) is 5.44. The van der Waals surface area contributed by atoms with Crippen molar-refractivity contribution in [1.29, 1.82) is 0 Å². The van der Waals surface area contributed by atoms with E-state index in [1.165, 1.54) is 24.3 Å². The molecule has 1 atom stereocenters. The van der Waals surface area contributed by atoms with Crippen LogP contribution in [0.5, 0.6) is 0 Å². The first-order valence-corrected chi connectivity index (χ1v) is 6.93. The molecule has 1 aliphatic rings. The Labute approximate surface area is 95.8 Å². The lowest BCUT2D eigenvalue weighted by Gasteiger charge is -2.26. The minimum absolute atomic E-state index is 0.396. The van der Waals surface area contributed by atoms with Crippen LogP contribution in [0.2, 0.25) is 0 Å². The predicted octanol–water partition coefficient (Wildman–Crippen LogP) is 3.22. The second kappa shape index (κ2) is 5.61. The van der Waals surface area contributed by atoms with Crippen LogP contribution in [0, 0.1) is 0 Å². The molecular weight excluding hydrogens is 206 g/mol. The highest BCUT2D eigenvalue weighted by molar-refractivity contribution is 7.99. The molecule has 1 saturated heterocycles. The summed E-state index contributed by atoms with van der Waals surface area (Å²) in [6.45, 7) is 2.21. The van der Waals surface area contributed by atoms with E-state index in [2.05, 4.69) is 30.1 Å². The molecule has 84 valence electrons. The summed E-state index contributed by atoms with van der Waals surface area (Å²) >= 11 is 2.07. The van der Waals surface area contributed by atoms with Crippen molar-refractivity contribution >= 4 is 11.8 Å². The van der Waals surface area contributed by atoms with Crippen LogP contribution in [-0.4, -0.2) is 17.5 Å². The Morgan fingerprint density at radius 1 is 1.53 bits per heavy atom. The summed E-state index contributed by atoms with van der Waals surface area (Å²) < 4.78 is 5.46. The van der Waals surface area contributed by atoms with Crippen LogP contribution in [0.3, 0.4) is 0 Å². The van der Waals surface area contributed by atoms with Crippen LogP contribution in [0.25, 0.3) is 0 Å². The van der Waals surface area contributed by atoms with Gasteiger partial charge in [0.05, 0.1) is 12.3 Å². The summed E-state index contributed by atoms with van der Waals surface area (Å²) in [4.78, 5) is 0. The van der Waals surface area contributed by atoms with Gasteiger partial charge in [0, 0.05) is 6.04 Å². The molecule has 0 saturated carbocycles. The average Bonchev–Trinajstić information content (AvgIpc) is 2.81. The van der Waals surface area contributed by atoms with E-state index in [0.29, 0.717) is 12.1 Å². The van der Waals surface area contributed by atoms with Gasteiger partial charge in [-0.3, -0.25) is 0 Å². The zero-order chi connectivity index (χ0) is 10.5. The van der Waals surface area contributed by atoms with Crippen molar-refractivity contribution in [1.82, 2.24) is 5.32 Å². The van der Waals surface area contributed by atoms with Crippen molar-refractivity contribution in [3.8, 4) is 0 Å². The minimum atomic E-state index is 0.396. The maximum absolute atomic E-state index is 5.46. The Morgan fingerprint density at radius 2 is 2.33 bits per heavy atom. The SMILES string of the molecule is CCC(NC1CCSCC1)c1ccco1. The van der Waals surface area contributed by atoms with Crippen LogP contribution >= 0.6 is 11.8 Å². The van der Waals surface area contributed by atoms with E-state index in [0.717, 1.165) is 12.2 Å². The van der Waals surface area contributed by atoms with E-state index in [9.17, 15) is 0 Å². The highest BCUT2D eigenvalue weighted by atomic mass is 32.2. The summed E-state index contributed by atoms with van der Waals surface area (Å²) in [7, 11) is 0. The van der Waals surface area contributed by atoms with Gasteiger partial charge in [0.1, 0.15) is 5.76 Å². The largest absolute Gasteiger partial charge is 0.468 e. The van der Waals surface area contributed by atoms with Crippen molar-refractivity contribution in [3.05, 3.63) is 24.2 Å². The molecule has 1 unspecified atom stereocenters. The molecule has 1 fully saturated rings. The molecule has 0 spiro atoms. The number of nitrogens with one attached hydrogen (secondary N) is 1. The minimum Gasteiger partial charge on any atom is -0.468 e. The third kappa shape index (κ3) is 3.02. The molecule has 0 amide bonds. The topological polar surface area (TPSA) is 25.2 Å². The van der Waals surface area contributed by atoms with Crippen molar-refractivity contribution in [2.75, 3.05) is 11.5 Å². The fraction of sp³-hybridized carbons (Fsp3) is 0.667. The first kappa shape index (κ1) is 11.1. The molecule has 0 aliphatic carbocycles. The van der Waals surface area contributed by atoms with E-state index in [1.807, 2.05) is 6.07 Å². The summed E-state index contributed by atoms with van der Waals surface area (Å²) in [5, 5.41) is 3.70. The average molecular weight is 225 g/mol. The van der Waals surface area contributed by atoms with Gasteiger partial charge in [0.2, 0.25) is 0 Å². The molecular formula is C12H19NOS. The van der Waals surface area contributed by atoms with Gasteiger partial charge in [0.15, 0.2) is 0 Å². The lowest BCUT2D eigenvalue weighted by molar-refractivity contribution is 0.352. The van der Waals surface area contributed by atoms with Gasteiger partial charge in [-0.1, -0.05) is 6.92 Å². The normalized spacial score (nSPS) is 20.3. The predicted molar refractivity (Wildman–Crippen MR) is 65.2 cm³/mol. The molecule has 15 heavy (non-hydrogen) atoms. The molecule has 0 bridgehead atoms. The van der Waals surface area contributed by atoms with Gasteiger partial charge in [0.25, 0.3) is 0 Å². The van der Waals surface area contributed by atoms with Crippen molar-refractivity contribution in [2.45, 2.75) is 38.3 Å². The van der Waals surface area contributed by atoms with E-state index < -0.39 is 0 Å². The highest BCUT2D eigenvalue weighted by Crippen LogP contribution is 2.22. The van der Waals surface area contributed by atoms with Gasteiger partial charge in [-0.25, -0.2) is 0 Å². The smallest absolute Gasteiger partial charge is 0.120 e. The molecule has 0 aromatic carbocycles. The van der Waals surface area contributed by atoms with Crippen molar-refractivity contribution < 1.29 is 4.42 Å². The van der Waals surface area contributed by atoms with Crippen LogP contribution in [0.4, 0.5) is 0 Å². The third-order valence-corrected chi connectivity index (χ3v) is 4.00. The van der Waals surface area contributed by atoms with Crippen LogP contribution in [0.15, 0.2) is 22.8 Å². The standard InChI is InChI=1S/C12H19NOS/c1-2-11(12-4-3-7-14-12)13-10-5-8-15-9-6-10/h3-4,7,10-11,13H,2,5-6,8-9H2,1H3. The second-order valence-electron chi connectivity index (χ2n) is 4.03. The molecule has 2 nitrogen and oxygen atoms in total. The summed E-state index contributed by atoms with van der Waals surface area (Å²) in [5.41, 5.74) is 0. The molecule has 0 radical (unpaired) electrons. The van der Waals surface area contributed by atoms with Gasteiger partial charge >= 0.3 is 0 Å². The maximum atomic E-state index is 5.46. The number of hydrogen-bond acceptors (Lipinski definition) is 3. The number of furan rings is 1. The molecule has 3 heteroatoms. The molecule has 1 N–H and O–H groups in total. The zero-order valence-corrected chi connectivity index (χ0v) is 10.1. The first-order valence-electron chi connectivity index (χ1n) is 5.77. The van der Waals surface area contributed by atoms with E-state index in [-0.39, 0.29) is 0 Å². The van der Waals surface area contributed by atoms with Crippen LogP contribution < -0.4 is 5.32 Å². The number of hydrogen-bond donors (Lipinski definition) is 1. The van der Waals surface area contributed by atoms with Gasteiger partial charge < -0.3 is 9.73 Å². The monoisotopic (exact) mass is 225 g/mol. The fourth-order valence-corrected chi connectivity index (χ4v) is 3.15. The molecule has 2 heterocycles. The Kier molecular flexibility index (Phi) is 4.15. The zero-order valence-electron chi connectivity index (χ0n) is 9.24. The molecule has 1 aliphatic heterocycles. The number of thioether (sulfide) groups is 1. The van der Waals surface area contributed by atoms with E-state index in [4.69, 9.17) is 4.42 Å². The van der Waals surface area contributed by atoms with Gasteiger partial charge in [-0.05, 0) is 42.9 Å². The molecule has 2 rings (SSSR count). The van der Waals surface area contributed by atoms with Crippen LogP contribution in [-0.2, 0) is 0 Å². The van der Waals surface area contributed by atoms with E-state index >= 15 is 0 Å². The number of rotatable bonds is 4. The lowest BCUT2D eigenvalue weighted by atomic mass is 10.1. The summed E-state index contributed by atoms with van der Waals surface area (Å²) in [5.74, 6) is 3.68.